The molecular formula is C15H15F3N2. The Morgan fingerprint density at radius 3 is 2.20 bits per heavy atom. The van der Waals surface area contributed by atoms with E-state index in [1.54, 1.807) is 0 Å². The van der Waals surface area contributed by atoms with Crippen LogP contribution in [0.2, 0.25) is 0 Å². The van der Waals surface area contributed by atoms with Crippen molar-refractivity contribution in [3.05, 3.63) is 58.8 Å². The summed E-state index contributed by atoms with van der Waals surface area (Å²) in [6.45, 7) is -2.05. The van der Waals surface area contributed by atoms with Gasteiger partial charge >= 0.3 is 0 Å². The van der Waals surface area contributed by atoms with Crippen molar-refractivity contribution in [1.82, 2.24) is 4.98 Å². The van der Waals surface area contributed by atoms with E-state index in [-0.39, 0.29) is 22.6 Å². The molecule has 0 unspecified atom stereocenters. The molecule has 0 aliphatic heterocycles. The van der Waals surface area contributed by atoms with Crippen LogP contribution in [0.4, 0.5) is 19.0 Å². The molecular weight excluding hydrogens is 265 g/mol. The van der Waals surface area contributed by atoms with Gasteiger partial charge in [0, 0.05) is 17.7 Å². The standard InChI is InChI=1S/C15H15F3N2/c16-7-12-6-13(8-17)15(20-14(12)9-18)19-10-11-4-2-1-3-5-11/h1-6H,7-10H2,(H,19,20). The molecule has 106 valence electrons. The highest BCUT2D eigenvalue weighted by atomic mass is 19.1. The van der Waals surface area contributed by atoms with Crippen LogP contribution in [0.15, 0.2) is 36.4 Å². The highest BCUT2D eigenvalue weighted by Crippen LogP contribution is 2.21. The molecule has 2 rings (SSSR count). The second-order valence-corrected chi connectivity index (χ2v) is 4.34. The van der Waals surface area contributed by atoms with Crippen molar-refractivity contribution in [2.45, 2.75) is 26.6 Å². The molecule has 0 aliphatic carbocycles. The second kappa shape index (κ2) is 6.93. The Kier molecular flexibility index (Phi) is 4.98. The fraction of sp³-hybridized carbons (Fsp3) is 0.267. The number of alkyl halides is 3. The maximum atomic E-state index is 13.0. The molecule has 1 aromatic heterocycles. The number of nitrogens with zero attached hydrogens (tertiary/aromatic N) is 1. The molecule has 0 spiro atoms. The van der Waals surface area contributed by atoms with Crippen molar-refractivity contribution >= 4 is 5.82 Å². The molecule has 0 radical (unpaired) electrons. The number of aromatic nitrogens is 1. The van der Waals surface area contributed by atoms with Crippen LogP contribution < -0.4 is 5.32 Å². The minimum absolute atomic E-state index is 0.0141. The number of nitrogens with one attached hydrogen (secondary N) is 1. The largest absolute Gasteiger partial charge is 0.366 e. The van der Waals surface area contributed by atoms with Gasteiger partial charge in [-0.25, -0.2) is 18.2 Å². The van der Waals surface area contributed by atoms with Gasteiger partial charge < -0.3 is 5.32 Å². The smallest absolute Gasteiger partial charge is 0.132 e. The van der Waals surface area contributed by atoms with Crippen LogP contribution in [0.1, 0.15) is 22.4 Å². The van der Waals surface area contributed by atoms with Crippen molar-refractivity contribution < 1.29 is 13.2 Å². The number of hydrogen-bond acceptors (Lipinski definition) is 2. The highest BCUT2D eigenvalue weighted by molar-refractivity contribution is 5.47. The minimum Gasteiger partial charge on any atom is -0.366 e. The molecule has 2 nitrogen and oxygen atoms in total. The molecule has 0 bridgehead atoms. The molecule has 0 amide bonds. The van der Waals surface area contributed by atoms with Crippen molar-refractivity contribution in [2.75, 3.05) is 5.32 Å². The Morgan fingerprint density at radius 2 is 1.60 bits per heavy atom. The Hall–Kier alpha value is -2.04. The third kappa shape index (κ3) is 3.29. The van der Waals surface area contributed by atoms with Gasteiger partial charge in [0.15, 0.2) is 0 Å². The molecule has 0 atom stereocenters. The van der Waals surface area contributed by atoms with Gasteiger partial charge in [-0.3, -0.25) is 0 Å². The molecule has 1 aromatic carbocycles. The van der Waals surface area contributed by atoms with Crippen molar-refractivity contribution in [3.8, 4) is 0 Å². The summed E-state index contributed by atoms with van der Waals surface area (Å²) in [7, 11) is 0. The van der Waals surface area contributed by atoms with E-state index < -0.39 is 20.0 Å². The Bertz CT molecular complexity index is 559. The first-order valence-electron chi connectivity index (χ1n) is 6.25. The van der Waals surface area contributed by atoms with E-state index in [0.29, 0.717) is 6.54 Å². The first-order chi connectivity index (χ1) is 9.78. The molecule has 0 saturated carbocycles. The lowest BCUT2D eigenvalue weighted by molar-refractivity contribution is 0.443. The van der Waals surface area contributed by atoms with E-state index in [1.807, 2.05) is 30.3 Å². The summed E-state index contributed by atoms with van der Waals surface area (Å²) >= 11 is 0. The van der Waals surface area contributed by atoms with E-state index in [1.165, 1.54) is 6.07 Å². The lowest BCUT2D eigenvalue weighted by Gasteiger charge is -2.12. The molecule has 1 heterocycles. The van der Waals surface area contributed by atoms with Gasteiger partial charge in [0.1, 0.15) is 25.8 Å². The first kappa shape index (κ1) is 14.4. The van der Waals surface area contributed by atoms with Crippen LogP contribution >= 0.6 is 0 Å². The number of anilines is 1. The van der Waals surface area contributed by atoms with Crippen LogP contribution in [-0.4, -0.2) is 4.98 Å². The van der Waals surface area contributed by atoms with E-state index >= 15 is 0 Å². The molecule has 1 N–H and O–H groups in total. The van der Waals surface area contributed by atoms with Gasteiger partial charge in [0.05, 0.1) is 5.69 Å². The fourth-order valence-corrected chi connectivity index (χ4v) is 1.91. The number of halogens is 3. The van der Waals surface area contributed by atoms with E-state index in [4.69, 9.17) is 0 Å². The molecule has 2 aromatic rings. The summed E-state index contributed by atoms with van der Waals surface area (Å²) in [5, 5.41) is 2.97. The summed E-state index contributed by atoms with van der Waals surface area (Å²) in [4.78, 5) is 3.98. The molecule has 20 heavy (non-hydrogen) atoms. The van der Waals surface area contributed by atoms with E-state index in [2.05, 4.69) is 10.3 Å². The van der Waals surface area contributed by atoms with Crippen molar-refractivity contribution in [3.63, 3.8) is 0 Å². The Morgan fingerprint density at radius 1 is 0.900 bits per heavy atom. The number of rotatable bonds is 6. The lowest BCUT2D eigenvalue weighted by atomic mass is 10.1. The third-order valence-electron chi connectivity index (χ3n) is 2.99. The Labute approximate surface area is 115 Å². The maximum absolute atomic E-state index is 13.0. The van der Waals surface area contributed by atoms with Crippen LogP contribution in [-0.2, 0) is 26.6 Å². The summed E-state index contributed by atoms with van der Waals surface area (Å²) in [6, 6.07) is 10.8. The van der Waals surface area contributed by atoms with Crippen molar-refractivity contribution in [2.24, 2.45) is 0 Å². The van der Waals surface area contributed by atoms with Crippen LogP contribution in [0.25, 0.3) is 0 Å². The normalized spacial score (nSPS) is 10.6. The highest BCUT2D eigenvalue weighted by Gasteiger charge is 2.11. The van der Waals surface area contributed by atoms with Gasteiger partial charge in [0.2, 0.25) is 0 Å². The monoisotopic (exact) mass is 280 g/mol. The van der Waals surface area contributed by atoms with Gasteiger partial charge in [-0.1, -0.05) is 30.3 Å². The van der Waals surface area contributed by atoms with Gasteiger partial charge in [0.25, 0.3) is 0 Å². The zero-order valence-corrected chi connectivity index (χ0v) is 10.9. The van der Waals surface area contributed by atoms with Crippen LogP contribution in [0, 0.1) is 0 Å². The zero-order valence-electron chi connectivity index (χ0n) is 10.9. The maximum Gasteiger partial charge on any atom is 0.132 e. The summed E-state index contributed by atoms with van der Waals surface area (Å²) in [6.07, 6.45) is 0. The average Bonchev–Trinajstić information content (AvgIpc) is 2.52. The molecule has 0 fully saturated rings. The number of pyridine rings is 1. The quantitative estimate of drug-likeness (QED) is 0.861. The SMILES string of the molecule is FCc1cc(CF)c(NCc2ccccc2)nc1CF. The first-order valence-corrected chi connectivity index (χ1v) is 6.25. The topological polar surface area (TPSA) is 24.9 Å². The molecule has 0 saturated heterocycles. The second-order valence-electron chi connectivity index (χ2n) is 4.34. The zero-order chi connectivity index (χ0) is 14.4. The van der Waals surface area contributed by atoms with Gasteiger partial charge in [-0.05, 0) is 11.6 Å². The molecule has 0 aliphatic rings. The number of hydrogen-bond donors (Lipinski definition) is 1. The summed E-state index contributed by atoms with van der Waals surface area (Å²) in [5.74, 6) is 0.265. The van der Waals surface area contributed by atoms with Gasteiger partial charge in [-0.2, -0.15) is 0 Å². The predicted molar refractivity (Wildman–Crippen MR) is 72.4 cm³/mol. The van der Waals surface area contributed by atoms with E-state index in [9.17, 15) is 13.2 Å². The molecule has 5 heteroatoms. The Balaban J connectivity index is 2.21. The predicted octanol–water partition coefficient (Wildman–Crippen LogP) is 4.10. The lowest BCUT2D eigenvalue weighted by Crippen LogP contribution is -2.07. The summed E-state index contributed by atoms with van der Waals surface area (Å²) in [5.41, 5.74) is 1.35. The third-order valence-corrected chi connectivity index (χ3v) is 2.99. The van der Waals surface area contributed by atoms with Crippen molar-refractivity contribution in [1.29, 1.82) is 0 Å². The summed E-state index contributed by atoms with van der Waals surface area (Å²) < 4.78 is 38.5. The van der Waals surface area contributed by atoms with Crippen LogP contribution in [0.5, 0.6) is 0 Å². The average molecular weight is 280 g/mol. The minimum atomic E-state index is -0.869. The fourth-order valence-electron chi connectivity index (χ4n) is 1.91. The van der Waals surface area contributed by atoms with E-state index in [0.717, 1.165) is 5.56 Å². The van der Waals surface area contributed by atoms with Gasteiger partial charge in [-0.15, -0.1) is 0 Å². The number of benzene rings is 1. The van der Waals surface area contributed by atoms with Crippen LogP contribution in [0.3, 0.4) is 0 Å².